The molecule has 30 heavy (non-hydrogen) atoms. The first-order valence-electron chi connectivity index (χ1n) is 10.8. The summed E-state index contributed by atoms with van der Waals surface area (Å²) in [5.74, 6) is 0.754. The topological polar surface area (TPSA) is 77.0 Å². The summed E-state index contributed by atoms with van der Waals surface area (Å²) < 4.78 is 26.1. The maximum Gasteiger partial charge on any atom is 0.215 e. The fraction of sp³-hybridized carbons (Fsp3) is 0.667. The van der Waals surface area contributed by atoms with Crippen molar-refractivity contribution in [2.45, 2.75) is 46.2 Å². The highest BCUT2D eigenvalue weighted by Crippen LogP contribution is 2.13. The zero-order chi connectivity index (χ0) is 21.1. The third-order valence-electron chi connectivity index (χ3n) is 5.24. The Bertz CT molecular complexity index is 718. The molecular formula is C21H38IN5O2S. The van der Waals surface area contributed by atoms with Gasteiger partial charge in [0.25, 0.3) is 0 Å². The van der Waals surface area contributed by atoms with E-state index >= 15 is 0 Å². The van der Waals surface area contributed by atoms with Gasteiger partial charge >= 0.3 is 0 Å². The highest BCUT2D eigenvalue weighted by Gasteiger charge is 2.21. The van der Waals surface area contributed by atoms with E-state index in [1.54, 1.807) is 0 Å². The van der Waals surface area contributed by atoms with Crippen LogP contribution in [0.1, 0.15) is 39.2 Å². The molecule has 0 aromatic heterocycles. The third-order valence-corrected chi connectivity index (χ3v) is 7.24. The minimum atomic E-state index is -3.24. The van der Waals surface area contributed by atoms with Crippen molar-refractivity contribution < 1.29 is 8.42 Å². The highest BCUT2D eigenvalue weighted by molar-refractivity contribution is 14.0. The van der Waals surface area contributed by atoms with E-state index in [0.29, 0.717) is 25.1 Å². The van der Waals surface area contributed by atoms with E-state index in [2.05, 4.69) is 50.9 Å². The molecule has 1 aliphatic heterocycles. The van der Waals surface area contributed by atoms with E-state index in [1.165, 1.54) is 9.87 Å². The summed E-state index contributed by atoms with van der Waals surface area (Å²) in [6.45, 7) is 10.8. The molecule has 0 atom stereocenters. The molecule has 1 aromatic carbocycles. The Morgan fingerprint density at radius 2 is 1.77 bits per heavy atom. The number of rotatable bonds is 10. The van der Waals surface area contributed by atoms with Crippen molar-refractivity contribution in [1.82, 2.24) is 19.8 Å². The normalized spacial score (nSPS) is 16.3. The molecule has 172 valence electrons. The number of sulfonamides is 1. The van der Waals surface area contributed by atoms with Crippen molar-refractivity contribution in [1.29, 1.82) is 0 Å². The average Bonchev–Trinajstić information content (AvgIpc) is 2.71. The largest absolute Gasteiger partial charge is 0.357 e. The van der Waals surface area contributed by atoms with Gasteiger partial charge in [-0.15, -0.1) is 24.0 Å². The molecule has 9 heteroatoms. The van der Waals surface area contributed by atoms with Gasteiger partial charge < -0.3 is 10.6 Å². The number of benzene rings is 1. The van der Waals surface area contributed by atoms with Crippen molar-refractivity contribution in [3.8, 4) is 0 Å². The Kier molecular flexibility index (Phi) is 12.8. The first-order valence-corrected chi connectivity index (χ1v) is 12.4. The Balaban J connectivity index is 0.00000450. The van der Waals surface area contributed by atoms with E-state index in [-0.39, 0.29) is 36.3 Å². The Hall–Kier alpha value is -0.910. The number of nitrogens with zero attached hydrogens (tertiary/aromatic N) is 3. The van der Waals surface area contributed by atoms with Crippen LogP contribution in [-0.4, -0.2) is 74.6 Å². The monoisotopic (exact) mass is 551 g/mol. The predicted molar refractivity (Wildman–Crippen MR) is 136 cm³/mol. The third kappa shape index (κ3) is 9.07. The SMILES string of the molecule is CCNC(=NCCS(=O)(=O)N(CC)CC)NC1CCN(Cc2ccccc2)CC1.I. The number of hydrogen-bond acceptors (Lipinski definition) is 4. The summed E-state index contributed by atoms with van der Waals surface area (Å²) >= 11 is 0. The van der Waals surface area contributed by atoms with Crippen molar-refractivity contribution in [2.24, 2.45) is 4.99 Å². The standard InChI is InChI=1S/C21H37N5O2S.HI/c1-4-22-21(23-14-17-29(27,28)26(5-2)6-3)24-20-12-15-25(16-13-20)18-19-10-8-7-9-11-19;/h7-11,20H,4-6,12-18H2,1-3H3,(H2,22,23,24);1H. The van der Waals surface area contributed by atoms with E-state index in [1.807, 2.05) is 20.8 Å². The summed E-state index contributed by atoms with van der Waals surface area (Å²) in [4.78, 5) is 6.99. The molecule has 1 fully saturated rings. The first kappa shape index (κ1) is 27.1. The van der Waals surface area contributed by atoms with Crippen molar-refractivity contribution in [2.75, 3.05) is 45.0 Å². The van der Waals surface area contributed by atoms with Gasteiger partial charge in [0.15, 0.2) is 5.96 Å². The summed E-state index contributed by atoms with van der Waals surface area (Å²) in [6.07, 6.45) is 2.10. The average molecular weight is 552 g/mol. The van der Waals surface area contributed by atoms with Gasteiger partial charge in [-0.05, 0) is 25.3 Å². The van der Waals surface area contributed by atoms with E-state index in [4.69, 9.17) is 0 Å². The van der Waals surface area contributed by atoms with Crippen LogP contribution in [-0.2, 0) is 16.6 Å². The molecule has 1 aliphatic rings. The molecule has 0 aliphatic carbocycles. The summed E-state index contributed by atoms with van der Waals surface area (Å²) in [5.41, 5.74) is 1.35. The predicted octanol–water partition coefficient (Wildman–Crippen LogP) is 2.50. The van der Waals surface area contributed by atoms with Gasteiger partial charge in [-0.25, -0.2) is 12.7 Å². The molecule has 0 bridgehead atoms. The summed E-state index contributed by atoms with van der Waals surface area (Å²) in [6, 6.07) is 10.9. The highest BCUT2D eigenvalue weighted by atomic mass is 127. The molecule has 1 saturated heterocycles. The van der Waals surface area contributed by atoms with E-state index in [0.717, 1.165) is 39.0 Å². The smallest absolute Gasteiger partial charge is 0.215 e. The quantitative estimate of drug-likeness (QED) is 0.266. The van der Waals surface area contributed by atoms with Crippen molar-refractivity contribution >= 4 is 40.0 Å². The van der Waals surface area contributed by atoms with Gasteiger partial charge in [0.2, 0.25) is 10.0 Å². The molecule has 7 nitrogen and oxygen atoms in total. The zero-order valence-corrected chi connectivity index (χ0v) is 21.7. The molecule has 2 rings (SSSR count). The van der Waals surface area contributed by atoms with Gasteiger partial charge in [0, 0.05) is 45.3 Å². The van der Waals surface area contributed by atoms with Crippen LogP contribution < -0.4 is 10.6 Å². The lowest BCUT2D eigenvalue weighted by Gasteiger charge is -2.33. The first-order chi connectivity index (χ1) is 14.0. The molecule has 1 aromatic rings. The lowest BCUT2D eigenvalue weighted by molar-refractivity contribution is 0.198. The van der Waals surface area contributed by atoms with E-state index < -0.39 is 10.0 Å². The Morgan fingerprint density at radius 3 is 2.33 bits per heavy atom. The van der Waals surface area contributed by atoms with Crippen LogP contribution in [0.5, 0.6) is 0 Å². The lowest BCUT2D eigenvalue weighted by atomic mass is 10.0. The zero-order valence-electron chi connectivity index (χ0n) is 18.5. The summed E-state index contributed by atoms with van der Waals surface area (Å²) in [5, 5.41) is 6.73. The number of guanidine groups is 1. The molecule has 0 radical (unpaired) electrons. The second-order valence-corrected chi connectivity index (χ2v) is 9.43. The molecule has 0 saturated carbocycles. The van der Waals surface area contributed by atoms with Gasteiger partial charge in [0.05, 0.1) is 12.3 Å². The van der Waals surface area contributed by atoms with Gasteiger partial charge in [-0.3, -0.25) is 9.89 Å². The summed E-state index contributed by atoms with van der Waals surface area (Å²) in [7, 11) is -3.24. The van der Waals surface area contributed by atoms with Gasteiger partial charge in [-0.2, -0.15) is 0 Å². The van der Waals surface area contributed by atoms with Crippen LogP contribution in [0.2, 0.25) is 0 Å². The molecule has 2 N–H and O–H groups in total. The van der Waals surface area contributed by atoms with Crippen molar-refractivity contribution in [3.63, 3.8) is 0 Å². The number of likely N-dealkylation sites (tertiary alicyclic amines) is 1. The lowest BCUT2D eigenvalue weighted by Crippen LogP contribution is -2.48. The maximum atomic E-state index is 12.3. The fourth-order valence-electron chi connectivity index (χ4n) is 3.61. The number of hydrogen-bond donors (Lipinski definition) is 2. The number of nitrogens with one attached hydrogen (secondary N) is 2. The number of halogens is 1. The second kappa shape index (κ2) is 14.2. The fourth-order valence-corrected chi connectivity index (χ4v) is 4.98. The van der Waals surface area contributed by atoms with Crippen molar-refractivity contribution in [3.05, 3.63) is 35.9 Å². The molecule has 1 heterocycles. The maximum absolute atomic E-state index is 12.3. The molecule has 0 spiro atoms. The van der Waals surface area contributed by atoms with Crippen LogP contribution in [0.3, 0.4) is 0 Å². The molecular weight excluding hydrogens is 513 g/mol. The number of piperidine rings is 1. The second-order valence-electron chi connectivity index (χ2n) is 7.34. The van der Waals surface area contributed by atoms with Crippen LogP contribution in [0, 0.1) is 0 Å². The number of aliphatic imine (C=N–C) groups is 1. The van der Waals surface area contributed by atoms with Crippen LogP contribution >= 0.6 is 24.0 Å². The van der Waals surface area contributed by atoms with Crippen LogP contribution in [0.4, 0.5) is 0 Å². The van der Waals surface area contributed by atoms with Gasteiger partial charge in [0.1, 0.15) is 0 Å². The minimum absolute atomic E-state index is 0. The van der Waals surface area contributed by atoms with Crippen LogP contribution in [0.15, 0.2) is 35.3 Å². The Morgan fingerprint density at radius 1 is 1.13 bits per heavy atom. The van der Waals surface area contributed by atoms with Crippen LogP contribution in [0.25, 0.3) is 0 Å². The van der Waals surface area contributed by atoms with Gasteiger partial charge in [-0.1, -0.05) is 44.2 Å². The minimum Gasteiger partial charge on any atom is -0.357 e. The molecule has 0 unspecified atom stereocenters. The Labute approximate surface area is 199 Å². The van der Waals surface area contributed by atoms with E-state index in [9.17, 15) is 8.42 Å². The molecule has 0 amide bonds.